The van der Waals surface area contributed by atoms with Crippen LogP contribution in [0.25, 0.3) is 0 Å². The van der Waals surface area contributed by atoms with Crippen LogP contribution in [0.4, 0.5) is 10.1 Å². The van der Waals surface area contributed by atoms with Gasteiger partial charge in [0.05, 0.1) is 4.92 Å². The van der Waals surface area contributed by atoms with Crippen LogP contribution in [0.1, 0.15) is 21.5 Å². The third kappa shape index (κ3) is 3.65. The molecule has 0 unspecified atom stereocenters. The van der Waals surface area contributed by atoms with Crippen molar-refractivity contribution >= 4 is 11.6 Å². The molecule has 0 aliphatic rings. The number of hydrogen-bond acceptors (Lipinski definition) is 3. The summed E-state index contributed by atoms with van der Waals surface area (Å²) in [5.41, 5.74) is 0.763. The number of benzene rings is 2. The molecule has 0 aliphatic carbocycles. The third-order valence-corrected chi connectivity index (χ3v) is 3.69. The highest BCUT2D eigenvalue weighted by atomic mass is 19.1. The summed E-state index contributed by atoms with van der Waals surface area (Å²) < 4.78 is 13.9. The largest absolute Gasteiger partial charge is 0.330 e. The smallest absolute Gasteiger partial charge is 0.273 e. The average molecular weight is 328 g/mol. The lowest BCUT2D eigenvalue weighted by Crippen LogP contribution is -2.31. The molecule has 0 spiro atoms. The zero-order chi connectivity index (χ0) is 17.7. The molecule has 0 aromatic heterocycles. The lowest BCUT2D eigenvalue weighted by molar-refractivity contribution is -0.385. The summed E-state index contributed by atoms with van der Waals surface area (Å²) >= 11 is 0. The van der Waals surface area contributed by atoms with E-state index < -0.39 is 16.6 Å². The fraction of sp³-hybridized carbons (Fsp3) is 0.167. The number of nitro benzene ring substituents is 1. The first-order valence-electron chi connectivity index (χ1n) is 7.33. The summed E-state index contributed by atoms with van der Waals surface area (Å²) in [5, 5.41) is 11.0. The zero-order valence-corrected chi connectivity index (χ0v) is 13.2. The van der Waals surface area contributed by atoms with Crippen LogP contribution < -0.4 is 0 Å². The number of halogens is 1. The van der Waals surface area contributed by atoms with Crippen LogP contribution in [-0.4, -0.2) is 22.3 Å². The van der Waals surface area contributed by atoms with Gasteiger partial charge in [0.15, 0.2) is 0 Å². The van der Waals surface area contributed by atoms with Crippen molar-refractivity contribution in [2.24, 2.45) is 0 Å². The van der Waals surface area contributed by atoms with E-state index >= 15 is 0 Å². The molecule has 0 saturated heterocycles. The number of amides is 1. The van der Waals surface area contributed by atoms with Crippen LogP contribution in [0, 0.1) is 22.9 Å². The Hall–Kier alpha value is -3.02. The number of carbonyl (C=O) groups excluding carboxylic acids is 1. The first kappa shape index (κ1) is 17.3. The van der Waals surface area contributed by atoms with Crippen molar-refractivity contribution in [3.63, 3.8) is 0 Å². The Morgan fingerprint density at radius 1 is 1.29 bits per heavy atom. The van der Waals surface area contributed by atoms with E-state index in [-0.39, 0.29) is 29.9 Å². The highest BCUT2D eigenvalue weighted by molar-refractivity contribution is 5.96. The van der Waals surface area contributed by atoms with Crippen molar-refractivity contribution in [3.8, 4) is 0 Å². The van der Waals surface area contributed by atoms with E-state index in [1.165, 1.54) is 42.2 Å². The van der Waals surface area contributed by atoms with Gasteiger partial charge < -0.3 is 4.90 Å². The summed E-state index contributed by atoms with van der Waals surface area (Å²) in [7, 11) is 0. The van der Waals surface area contributed by atoms with E-state index in [4.69, 9.17) is 0 Å². The molecular weight excluding hydrogens is 311 g/mol. The van der Waals surface area contributed by atoms with Gasteiger partial charge in [-0.3, -0.25) is 14.9 Å². The predicted molar refractivity (Wildman–Crippen MR) is 89.2 cm³/mol. The fourth-order valence-corrected chi connectivity index (χ4v) is 2.43. The molecule has 6 heteroatoms. The second-order valence-corrected chi connectivity index (χ2v) is 5.27. The van der Waals surface area contributed by atoms with Gasteiger partial charge in [-0.15, -0.1) is 6.58 Å². The number of rotatable bonds is 6. The SMILES string of the molecule is C=CCN(Cc1ccccc1F)C(=O)c1cccc([N+](=O)[O-])c1C. The van der Waals surface area contributed by atoms with Crippen molar-refractivity contribution in [1.29, 1.82) is 0 Å². The van der Waals surface area contributed by atoms with Gasteiger partial charge in [-0.1, -0.05) is 30.3 Å². The maximum absolute atomic E-state index is 13.9. The Labute approximate surface area is 139 Å². The van der Waals surface area contributed by atoms with Crippen molar-refractivity contribution in [1.82, 2.24) is 4.90 Å². The maximum atomic E-state index is 13.9. The van der Waals surface area contributed by atoms with Crippen molar-refractivity contribution in [2.75, 3.05) is 6.54 Å². The van der Waals surface area contributed by atoms with Gasteiger partial charge in [-0.2, -0.15) is 0 Å². The molecule has 0 saturated carbocycles. The molecule has 0 fully saturated rings. The molecule has 1 amide bonds. The monoisotopic (exact) mass is 328 g/mol. The van der Waals surface area contributed by atoms with Gasteiger partial charge in [0.1, 0.15) is 5.82 Å². The normalized spacial score (nSPS) is 10.2. The van der Waals surface area contributed by atoms with Gasteiger partial charge >= 0.3 is 0 Å². The summed E-state index contributed by atoms with van der Waals surface area (Å²) in [5.74, 6) is -0.811. The molecule has 0 N–H and O–H groups in total. The molecule has 0 radical (unpaired) electrons. The first-order valence-corrected chi connectivity index (χ1v) is 7.33. The standard InChI is InChI=1S/C18H17FN2O3/c1-3-11-20(12-14-7-4-5-9-16(14)19)18(22)15-8-6-10-17(13(15)2)21(23)24/h3-10H,1,11-12H2,2H3. The van der Waals surface area contributed by atoms with Gasteiger partial charge in [0, 0.05) is 35.8 Å². The fourth-order valence-electron chi connectivity index (χ4n) is 2.43. The van der Waals surface area contributed by atoms with Gasteiger partial charge in [0.25, 0.3) is 11.6 Å². The lowest BCUT2D eigenvalue weighted by atomic mass is 10.0. The molecule has 0 atom stereocenters. The number of nitro groups is 1. The zero-order valence-electron chi connectivity index (χ0n) is 13.2. The molecule has 5 nitrogen and oxygen atoms in total. The minimum atomic E-state index is -0.527. The Morgan fingerprint density at radius 2 is 2.00 bits per heavy atom. The van der Waals surface area contributed by atoms with E-state index in [0.29, 0.717) is 5.56 Å². The van der Waals surface area contributed by atoms with Crippen LogP contribution in [-0.2, 0) is 6.54 Å². The quantitative estimate of drug-likeness (QED) is 0.459. The van der Waals surface area contributed by atoms with Gasteiger partial charge in [-0.25, -0.2) is 4.39 Å². The summed E-state index contributed by atoms with van der Waals surface area (Å²) in [6, 6.07) is 10.5. The number of nitrogens with zero attached hydrogens (tertiary/aromatic N) is 2. The van der Waals surface area contributed by atoms with Crippen LogP contribution in [0.5, 0.6) is 0 Å². The van der Waals surface area contributed by atoms with Crippen molar-refractivity contribution in [2.45, 2.75) is 13.5 Å². The molecule has 0 aliphatic heterocycles. The van der Waals surface area contributed by atoms with Crippen LogP contribution in [0.3, 0.4) is 0 Å². The molecule has 2 rings (SSSR count). The number of carbonyl (C=O) groups is 1. The van der Waals surface area contributed by atoms with Gasteiger partial charge in [-0.05, 0) is 19.1 Å². The molecule has 0 heterocycles. The van der Waals surface area contributed by atoms with E-state index in [9.17, 15) is 19.3 Å². The van der Waals surface area contributed by atoms with Crippen LogP contribution in [0.2, 0.25) is 0 Å². The molecule has 24 heavy (non-hydrogen) atoms. The van der Waals surface area contributed by atoms with Crippen molar-refractivity contribution < 1.29 is 14.1 Å². The average Bonchev–Trinajstić information content (AvgIpc) is 2.55. The van der Waals surface area contributed by atoms with Crippen LogP contribution in [0.15, 0.2) is 55.1 Å². The Balaban J connectivity index is 2.36. The molecule has 124 valence electrons. The molecule has 2 aromatic rings. The van der Waals surface area contributed by atoms with E-state index in [2.05, 4.69) is 6.58 Å². The summed E-state index contributed by atoms with van der Waals surface area (Å²) in [6.45, 7) is 5.40. The minimum Gasteiger partial charge on any atom is -0.330 e. The Bertz CT molecular complexity index is 790. The molecular formula is C18H17FN2O3. The minimum absolute atomic E-state index is 0.0552. The highest BCUT2D eigenvalue weighted by Crippen LogP contribution is 2.23. The lowest BCUT2D eigenvalue weighted by Gasteiger charge is -2.22. The Kier molecular flexibility index (Phi) is 5.42. The molecule has 0 bridgehead atoms. The second kappa shape index (κ2) is 7.50. The Morgan fingerprint density at radius 3 is 2.62 bits per heavy atom. The van der Waals surface area contributed by atoms with Crippen LogP contribution >= 0.6 is 0 Å². The topological polar surface area (TPSA) is 63.5 Å². The number of hydrogen-bond donors (Lipinski definition) is 0. The van der Waals surface area contributed by atoms with Crippen molar-refractivity contribution in [3.05, 3.63) is 87.7 Å². The summed E-state index contributed by atoms with van der Waals surface area (Å²) in [4.78, 5) is 24.7. The second-order valence-electron chi connectivity index (χ2n) is 5.27. The summed E-state index contributed by atoms with van der Waals surface area (Å²) in [6.07, 6.45) is 1.53. The van der Waals surface area contributed by atoms with Gasteiger partial charge in [0.2, 0.25) is 0 Å². The highest BCUT2D eigenvalue weighted by Gasteiger charge is 2.22. The maximum Gasteiger partial charge on any atom is 0.273 e. The van der Waals surface area contributed by atoms with E-state index in [0.717, 1.165) is 0 Å². The molecule has 2 aromatic carbocycles. The third-order valence-electron chi connectivity index (χ3n) is 3.69. The van der Waals surface area contributed by atoms with E-state index in [1.807, 2.05) is 0 Å². The predicted octanol–water partition coefficient (Wildman–Crippen LogP) is 3.87. The first-order chi connectivity index (χ1) is 11.5. The van der Waals surface area contributed by atoms with E-state index in [1.54, 1.807) is 18.2 Å².